The molecule has 0 saturated heterocycles. The molecule has 0 unspecified atom stereocenters. The van der Waals surface area contributed by atoms with Gasteiger partial charge in [0.15, 0.2) is 0 Å². The summed E-state index contributed by atoms with van der Waals surface area (Å²) < 4.78 is 0. The molecule has 0 saturated carbocycles. The zero-order valence-electron chi connectivity index (χ0n) is 9.62. The molecule has 0 aromatic carbocycles. The van der Waals surface area contributed by atoms with Gasteiger partial charge < -0.3 is 10.2 Å². The lowest BCUT2D eigenvalue weighted by Crippen LogP contribution is -2.35. The van der Waals surface area contributed by atoms with Gasteiger partial charge in [0, 0.05) is 25.4 Å². The second-order valence-corrected chi connectivity index (χ2v) is 3.79. The molecule has 88 valence electrons. The second kappa shape index (κ2) is 5.65. The number of rotatable bonds is 4. The Morgan fingerprint density at radius 1 is 1.62 bits per heavy atom. The van der Waals surface area contributed by atoms with Crippen LogP contribution in [0.15, 0.2) is 6.20 Å². The van der Waals surface area contributed by atoms with E-state index in [2.05, 4.69) is 15.3 Å². The maximum atomic E-state index is 11.4. The van der Waals surface area contributed by atoms with Crippen LogP contribution in [0, 0.1) is 6.92 Å². The fraction of sp³-hybridized carbons (Fsp3) is 0.500. The SMILES string of the molecule is CCNC(=O)CN(C)c1nc(Cl)ncc1C. The summed E-state index contributed by atoms with van der Waals surface area (Å²) in [6.07, 6.45) is 1.64. The van der Waals surface area contributed by atoms with Crippen molar-refractivity contribution in [1.29, 1.82) is 0 Å². The highest BCUT2D eigenvalue weighted by atomic mass is 35.5. The first-order chi connectivity index (χ1) is 7.54. The van der Waals surface area contributed by atoms with Crippen molar-refractivity contribution in [3.05, 3.63) is 17.0 Å². The van der Waals surface area contributed by atoms with Crippen molar-refractivity contribution in [2.45, 2.75) is 13.8 Å². The van der Waals surface area contributed by atoms with Gasteiger partial charge in [-0.25, -0.2) is 9.97 Å². The summed E-state index contributed by atoms with van der Waals surface area (Å²) in [5, 5.41) is 2.91. The molecule has 0 atom stereocenters. The average Bonchev–Trinajstić information content (AvgIpc) is 2.21. The minimum Gasteiger partial charge on any atom is -0.355 e. The third-order valence-corrected chi connectivity index (χ3v) is 2.21. The van der Waals surface area contributed by atoms with Crippen LogP contribution >= 0.6 is 11.6 Å². The van der Waals surface area contributed by atoms with Crippen molar-refractivity contribution in [2.75, 3.05) is 25.0 Å². The van der Waals surface area contributed by atoms with E-state index in [0.29, 0.717) is 12.4 Å². The van der Waals surface area contributed by atoms with Gasteiger partial charge in [0.1, 0.15) is 5.82 Å². The summed E-state index contributed by atoms with van der Waals surface area (Å²) in [6.45, 7) is 4.63. The number of carbonyl (C=O) groups is 1. The van der Waals surface area contributed by atoms with E-state index in [-0.39, 0.29) is 17.7 Å². The summed E-state index contributed by atoms with van der Waals surface area (Å²) in [6, 6.07) is 0. The lowest BCUT2D eigenvalue weighted by atomic mass is 10.3. The maximum Gasteiger partial charge on any atom is 0.239 e. The Balaban J connectivity index is 2.76. The first-order valence-electron chi connectivity index (χ1n) is 5.01. The Bertz CT molecular complexity index is 383. The monoisotopic (exact) mass is 242 g/mol. The quantitative estimate of drug-likeness (QED) is 0.801. The summed E-state index contributed by atoms with van der Waals surface area (Å²) in [7, 11) is 1.79. The summed E-state index contributed by atoms with van der Waals surface area (Å²) in [4.78, 5) is 21.1. The molecule has 5 nitrogen and oxygen atoms in total. The van der Waals surface area contributed by atoms with Gasteiger partial charge in [0.25, 0.3) is 0 Å². The molecule has 6 heteroatoms. The van der Waals surface area contributed by atoms with E-state index in [1.165, 1.54) is 0 Å². The Labute approximate surface area is 99.8 Å². The van der Waals surface area contributed by atoms with E-state index in [0.717, 1.165) is 5.56 Å². The van der Waals surface area contributed by atoms with Crippen LogP contribution in [0.4, 0.5) is 5.82 Å². The van der Waals surface area contributed by atoms with Gasteiger partial charge >= 0.3 is 0 Å². The molecule has 1 rings (SSSR count). The normalized spacial score (nSPS) is 10.0. The summed E-state index contributed by atoms with van der Waals surface area (Å²) in [5.41, 5.74) is 0.885. The van der Waals surface area contributed by atoms with E-state index in [1.54, 1.807) is 18.1 Å². The van der Waals surface area contributed by atoms with Crippen LogP contribution in [0.25, 0.3) is 0 Å². The number of anilines is 1. The number of aryl methyl sites for hydroxylation is 1. The Morgan fingerprint density at radius 2 is 2.31 bits per heavy atom. The minimum atomic E-state index is -0.0425. The number of hydrogen-bond donors (Lipinski definition) is 1. The molecule has 0 aliphatic rings. The number of likely N-dealkylation sites (N-methyl/N-ethyl adjacent to an activating group) is 2. The standard InChI is InChI=1S/C10H15ClN4O/c1-4-12-8(16)6-15(3)9-7(2)5-13-10(11)14-9/h5H,4,6H2,1-3H3,(H,12,16). The van der Waals surface area contributed by atoms with Crippen molar-refractivity contribution in [3.8, 4) is 0 Å². The lowest BCUT2D eigenvalue weighted by Gasteiger charge is -2.19. The zero-order chi connectivity index (χ0) is 12.1. The fourth-order valence-electron chi connectivity index (χ4n) is 1.34. The van der Waals surface area contributed by atoms with Crippen molar-refractivity contribution in [3.63, 3.8) is 0 Å². The number of halogens is 1. The van der Waals surface area contributed by atoms with E-state index < -0.39 is 0 Å². The predicted octanol–water partition coefficient (Wildman–Crippen LogP) is 1.01. The highest BCUT2D eigenvalue weighted by molar-refractivity contribution is 6.28. The van der Waals surface area contributed by atoms with Crippen LogP contribution in [0.3, 0.4) is 0 Å². The van der Waals surface area contributed by atoms with Crippen LogP contribution in [0.2, 0.25) is 5.28 Å². The van der Waals surface area contributed by atoms with Crippen LogP contribution < -0.4 is 10.2 Å². The first kappa shape index (κ1) is 12.7. The van der Waals surface area contributed by atoms with E-state index >= 15 is 0 Å². The van der Waals surface area contributed by atoms with Crippen LogP contribution in [-0.2, 0) is 4.79 Å². The highest BCUT2D eigenvalue weighted by Crippen LogP contribution is 2.16. The van der Waals surface area contributed by atoms with E-state index in [1.807, 2.05) is 13.8 Å². The van der Waals surface area contributed by atoms with E-state index in [4.69, 9.17) is 11.6 Å². The van der Waals surface area contributed by atoms with Gasteiger partial charge in [-0.2, -0.15) is 0 Å². The van der Waals surface area contributed by atoms with Crippen LogP contribution in [0.1, 0.15) is 12.5 Å². The molecule has 1 N–H and O–H groups in total. The maximum absolute atomic E-state index is 11.4. The predicted molar refractivity (Wildman–Crippen MR) is 63.7 cm³/mol. The van der Waals surface area contributed by atoms with E-state index in [9.17, 15) is 4.79 Å². The van der Waals surface area contributed by atoms with Crippen molar-refractivity contribution >= 4 is 23.3 Å². The molecule has 1 heterocycles. The molecule has 1 aromatic heterocycles. The molecule has 0 aliphatic heterocycles. The Kier molecular flexibility index (Phi) is 4.49. The summed E-state index contributed by atoms with van der Waals surface area (Å²) in [5.74, 6) is 0.630. The molecule has 16 heavy (non-hydrogen) atoms. The van der Waals surface area contributed by atoms with Crippen LogP contribution in [-0.4, -0.2) is 36.0 Å². The number of nitrogens with zero attached hydrogens (tertiary/aromatic N) is 3. The number of carbonyl (C=O) groups excluding carboxylic acids is 1. The molecule has 0 aliphatic carbocycles. The molecule has 0 bridgehead atoms. The number of aromatic nitrogens is 2. The molecular formula is C10H15ClN4O. The van der Waals surface area contributed by atoms with Gasteiger partial charge in [-0.15, -0.1) is 0 Å². The fourth-order valence-corrected chi connectivity index (χ4v) is 1.47. The third-order valence-electron chi connectivity index (χ3n) is 2.03. The molecule has 0 spiro atoms. The Hall–Kier alpha value is -1.36. The van der Waals surface area contributed by atoms with Gasteiger partial charge in [0.2, 0.25) is 11.2 Å². The topological polar surface area (TPSA) is 58.1 Å². The van der Waals surface area contributed by atoms with Crippen LogP contribution in [0.5, 0.6) is 0 Å². The molecule has 0 fully saturated rings. The first-order valence-corrected chi connectivity index (χ1v) is 5.39. The minimum absolute atomic E-state index is 0.0425. The van der Waals surface area contributed by atoms with Crippen molar-refractivity contribution in [2.24, 2.45) is 0 Å². The third kappa shape index (κ3) is 3.34. The summed E-state index contributed by atoms with van der Waals surface area (Å²) >= 11 is 5.71. The number of nitrogens with one attached hydrogen (secondary N) is 1. The molecular weight excluding hydrogens is 228 g/mol. The van der Waals surface area contributed by atoms with Gasteiger partial charge in [0.05, 0.1) is 6.54 Å². The second-order valence-electron chi connectivity index (χ2n) is 3.46. The van der Waals surface area contributed by atoms with Crippen molar-refractivity contribution < 1.29 is 4.79 Å². The zero-order valence-corrected chi connectivity index (χ0v) is 10.4. The van der Waals surface area contributed by atoms with Gasteiger partial charge in [-0.1, -0.05) is 0 Å². The number of hydrogen-bond acceptors (Lipinski definition) is 4. The molecule has 1 amide bonds. The lowest BCUT2D eigenvalue weighted by molar-refractivity contribution is -0.119. The smallest absolute Gasteiger partial charge is 0.239 e. The van der Waals surface area contributed by atoms with Gasteiger partial charge in [-0.3, -0.25) is 4.79 Å². The number of amides is 1. The van der Waals surface area contributed by atoms with Gasteiger partial charge in [-0.05, 0) is 25.4 Å². The molecule has 1 aromatic rings. The molecule has 0 radical (unpaired) electrons. The van der Waals surface area contributed by atoms with Crippen molar-refractivity contribution in [1.82, 2.24) is 15.3 Å². The average molecular weight is 243 g/mol. The Morgan fingerprint density at radius 3 is 2.94 bits per heavy atom. The highest BCUT2D eigenvalue weighted by Gasteiger charge is 2.11. The largest absolute Gasteiger partial charge is 0.355 e.